The molecular formula is C8H12NTe. The first kappa shape index (κ1) is 8.17. The van der Waals surface area contributed by atoms with Crippen LogP contribution in [0.25, 0.3) is 0 Å². The Balaban J connectivity index is 2.81. The van der Waals surface area contributed by atoms with Crippen LogP contribution in [0.15, 0.2) is 18.6 Å². The van der Waals surface area contributed by atoms with E-state index in [-0.39, 0.29) is 20.9 Å². The first-order chi connectivity index (χ1) is 4.61. The van der Waals surface area contributed by atoms with Crippen LogP contribution in [0.2, 0.25) is 0 Å². The van der Waals surface area contributed by atoms with Gasteiger partial charge >= 0.3 is 72.6 Å². The third-order valence-corrected chi connectivity index (χ3v) is 5.09. The van der Waals surface area contributed by atoms with Crippen molar-refractivity contribution in [1.29, 1.82) is 0 Å². The molecule has 1 aliphatic heterocycles. The van der Waals surface area contributed by atoms with Crippen LogP contribution in [-0.2, 0) is 0 Å². The molecule has 1 heterocycles. The Morgan fingerprint density at radius 1 is 0.900 bits per heavy atom. The number of rotatable bonds is 0. The molecule has 55 valence electrons. The maximum atomic E-state index is 4.44. The Bertz CT molecular complexity index is 169. The Kier molecular flexibility index (Phi) is 2.44. The van der Waals surface area contributed by atoms with Crippen molar-refractivity contribution in [2.45, 2.75) is 27.7 Å². The summed E-state index contributed by atoms with van der Waals surface area (Å²) in [6.07, 6.45) is 0. The third-order valence-electron chi connectivity index (χ3n) is 1.66. The van der Waals surface area contributed by atoms with Gasteiger partial charge in [0, 0.05) is 0 Å². The van der Waals surface area contributed by atoms with Gasteiger partial charge in [0.1, 0.15) is 0 Å². The van der Waals surface area contributed by atoms with E-state index in [1.807, 2.05) is 0 Å². The van der Waals surface area contributed by atoms with Gasteiger partial charge in [-0.15, -0.1) is 0 Å². The van der Waals surface area contributed by atoms with Gasteiger partial charge < -0.3 is 0 Å². The average molecular weight is 250 g/mol. The molecule has 1 rings (SSSR count). The van der Waals surface area contributed by atoms with Gasteiger partial charge in [-0.1, -0.05) is 0 Å². The summed E-state index contributed by atoms with van der Waals surface area (Å²) < 4.78 is 3.07. The van der Waals surface area contributed by atoms with E-state index in [0.29, 0.717) is 0 Å². The second kappa shape index (κ2) is 2.98. The van der Waals surface area contributed by atoms with Gasteiger partial charge in [0.2, 0.25) is 0 Å². The molecule has 0 spiro atoms. The molecular weight excluding hydrogens is 238 g/mol. The zero-order valence-corrected chi connectivity index (χ0v) is 9.19. The molecule has 0 bridgehead atoms. The zero-order chi connectivity index (χ0) is 7.72. The maximum absolute atomic E-state index is 4.44. The summed E-state index contributed by atoms with van der Waals surface area (Å²) in [7, 11) is 0. The predicted octanol–water partition coefficient (Wildman–Crippen LogP) is 1.81. The van der Waals surface area contributed by atoms with E-state index >= 15 is 0 Å². The fourth-order valence-electron chi connectivity index (χ4n) is 0.786. The first-order valence-electron chi connectivity index (χ1n) is 3.36. The van der Waals surface area contributed by atoms with Crippen LogP contribution in [0, 0.1) is 0 Å². The fourth-order valence-corrected chi connectivity index (χ4v) is 3.20. The summed E-state index contributed by atoms with van der Waals surface area (Å²) >= 11 is 0.00366. The topological polar surface area (TPSA) is 14.1 Å². The second-order valence-electron chi connectivity index (χ2n) is 2.50. The number of hydrogen-bond donors (Lipinski definition) is 0. The van der Waals surface area contributed by atoms with Crippen molar-refractivity contribution in [2.75, 3.05) is 0 Å². The molecule has 1 nitrogen and oxygen atoms in total. The van der Waals surface area contributed by atoms with E-state index in [1.165, 1.54) is 18.6 Å². The van der Waals surface area contributed by atoms with Gasteiger partial charge in [0.25, 0.3) is 0 Å². The molecule has 0 atom stereocenters. The molecule has 0 fully saturated rings. The first-order valence-corrected chi connectivity index (χ1v) is 5.69. The van der Waals surface area contributed by atoms with Crippen LogP contribution in [0.5, 0.6) is 0 Å². The predicted molar refractivity (Wildman–Crippen MR) is 44.6 cm³/mol. The standard InChI is InChI=1S/C8H12NTe/c1-5-7(3)10-8(4)6(2)9-5/h1-4H3. The van der Waals surface area contributed by atoms with E-state index in [2.05, 4.69) is 33.0 Å². The van der Waals surface area contributed by atoms with Crippen LogP contribution in [0.4, 0.5) is 0 Å². The molecule has 0 aromatic heterocycles. The van der Waals surface area contributed by atoms with Crippen LogP contribution in [0.1, 0.15) is 27.7 Å². The van der Waals surface area contributed by atoms with Gasteiger partial charge in [-0.05, 0) is 0 Å². The van der Waals surface area contributed by atoms with Crippen molar-refractivity contribution in [3.05, 3.63) is 18.6 Å². The van der Waals surface area contributed by atoms with E-state index < -0.39 is 0 Å². The van der Waals surface area contributed by atoms with Crippen LogP contribution < -0.4 is 5.32 Å². The van der Waals surface area contributed by atoms with Crippen molar-refractivity contribution in [2.24, 2.45) is 0 Å². The molecule has 0 N–H and O–H groups in total. The summed E-state index contributed by atoms with van der Waals surface area (Å²) in [5.74, 6) is 0. The number of hydrogen-bond acceptors (Lipinski definition) is 0. The van der Waals surface area contributed by atoms with E-state index in [9.17, 15) is 0 Å². The monoisotopic (exact) mass is 252 g/mol. The molecule has 1 radical (unpaired) electrons. The van der Waals surface area contributed by atoms with Crippen molar-refractivity contribution < 1.29 is 0 Å². The summed E-state index contributed by atoms with van der Waals surface area (Å²) in [5, 5.41) is 4.44. The van der Waals surface area contributed by atoms with Gasteiger partial charge in [-0.25, -0.2) is 0 Å². The van der Waals surface area contributed by atoms with Crippen molar-refractivity contribution in [3.8, 4) is 0 Å². The second-order valence-corrected chi connectivity index (χ2v) is 6.58. The van der Waals surface area contributed by atoms with Crippen molar-refractivity contribution in [1.82, 2.24) is 5.32 Å². The molecule has 10 heavy (non-hydrogen) atoms. The molecule has 0 unspecified atom stereocenters. The third kappa shape index (κ3) is 1.56. The fraction of sp³-hybridized carbons (Fsp3) is 0.500. The van der Waals surface area contributed by atoms with Crippen molar-refractivity contribution >= 4 is 20.9 Å². The Morgan fingerprint density at radius 2 is 1.30 bits per heavy atom. The van der Waals surface area contributed by atoms with E-state index in [1.54, 1.807) is 0 Å². The Morgan fingerprint density at radius 3 is 1.60 bits per heavy atom. The van der Waals surface area contributed by atoms with Crippen LogP contribution in [-0.4, -0.2) is 20.9 Å². The molecule has 2 heteroatoms. The van der Waals surface area contributed by atoms with Crippen molar-refractivity contribution in [3.63, 3.8) is 0 Å². The summed E-state index contributed by atoms with van der Waals surface area (Å²) in [6.45, 7) is 8.63. The van der Waals surface area contributed by atoms with Crippen LogP contribution in [0.3, 0.4) is 0 Å². The molecule has 1 aliphatic rings. The number of allylic oxidation sites excluding steroid dienone is 4. The van der Waals surface area contributed by atoms with E-state index in [0.717, 1.165) is 0 Å². The average Bonchev–Trinajstić information content (AvgIpc) is 1.84. The molecule has 0 amide bonds. The molecule has 0 saturated heterocycles. The summed E-state index contributed by atoms with van der Waals surface area (Å²) in [5.41, 5.74) is 2.51. The van der Waals surface area contributed by atoms with E-state index in [4.69, 9.17) is 0 Å². The Labute approximate surface area is 72.7 Å². The minimum atomic E-state index is 0.00366. The minimum absolute atomic E-state index is 0.00366. The van der Waals surface area contributed by atoms with Gasteiger partial charge in [-0.2, -0.15) is 0 Å². The summed E-state index contributed by atoms with van der Waals surface area (Å²) in [6, 6.07) is 0. The quantitative estimate of drug-likeness (QED) is 0.582. The molecule has 0 aliphatic carbocycles. The molecule has 0 aromatic carbocycles. The normalized spacial score (nSPS) is 19.6. The number of nitrogens with zero attached hydrogens (tertiary/aromatic N) is 1. The zero-order valence-electron chi connectivity index (χ0n) is 6.86. The summed E-state index contributed by atoms with van der Waals surface area (Å²) in [4.78, 5) is 0. The van der Waals surface area contributed by atoms with Gasteiger partial charge in [0.15, 0.2) is 0 Å². The van der Waals surface area contributed by atoms with Gasteiger partial charge in [0.05, 0.1) is 0 Å². The van der Waals surface area contributed by atoms with Gasteiger partial charge in [-0.3, -0.25) is 0 Å². The Hall–Kier alpha value is 0.0696. The molecule has 0 saturated carbocycles. The van der Waals surface area contributed by atoms with Crippen LogP contribution >= 0.6 is 0 Å². The SMILES string of the molecule is CC1=C(C)[Te]C(C)=C(C)[N]1. The molecule has 0 aromatic rings.